The first-order valence-corrected chi connectivity index (χ1v) is 11.9. The highest BCUT2D eigenvalue weighted by molar-refractivity contribution is 6.78. The molecule has 1 aliphatic heterocycles. The summed E-state index contributed by atoms with van der Waals surface area (Å²) in [6.07, 6.45) is 12.8. The summed E-state index contributed by atoms with van der Waals surface area (Å²) in [5, 5.41) is 7.37. The molecular weight excluding hydrogens is 248 g/mol. The molecular formula is C16H36N2Si. The van der Waals surface area contributed by atoms with E-state index in [1.54, 1.807) is 0 Å². The van der Waals surface area contributed by atoms with Gasteiger partial charge in [-0.15, -0.1) is 0 Å². The predicted molar refractivity (Wildman–Crippen MR) is 89.3 cm³/mol. The Morgan fingerprint density at radius 1 is 0.842 bits per heavy atom. The molecule has 1 rings (SSSR count). The van der Waals surface area contributed by atoms with Crippen molar-refractivity contribution in [2.45, 2.75) is 89.6 Å². The monoisotopic (exact) mass is 284 g/mol. The average molecular weight is 285 g/mol. The fourth-order valence-electron chi connectivity index (χ4n) is 3.06. The SMILES string of the molecule is CCCCCCCCCC[Si](C)(C)C1NCCCN1. The average Bonchev–Trinajstić information content (AvgIpc) is 2.43. The van der Waals surface area contributed by atoms with Crippen LogP contribution in [0, 0.1) is 0 Å². The Hall–Kier alpha value is 0.137. The minimum atomic E-state index is -1.11. The first kappa shape index (κ1) is 17.2. The van der Waals surface area contributed by atoms with E-state index in [-0.39, 0.29) is 0 Å². The summed E-state index contributed by atoms with van der Waals surface area (Å²) in [6.45, 7) is 9.81. The van der Waals surface area contributed by atoms with Crippen LogP contribution in [-0.2, 0) is 0 Å². The van der Waals surface area contributed by atoms with Crippen LogP contribution >= 0.6 is 0 Å². The molecule has 3 heteroatoms. The highest BCUT2D eigenvalue weighted by Gasteiger charge is 2.31. The van der Waals surface area contributed by atoms with Crippen LogP contribution in [0.5, 0.6) is 0 Å². The Balaban J connectivity index is 2.00. The van der Waals surface area contributed by atoms with Gasteiger partial charge in [-0.1, -0.05) is 77.4 Å². The molecule has 0 spiro atoms. The minimum absolute atomic E-state index is 0.658. The molecule has 0 aromatic carbocycles. The molecule has 0 atom stereocenters. The topological polar surface area (TPSA) is 24.1 Å². The molecule has 0 aliphatic carbocycles. The Morgan fingerprint density at radius 3 is 1.95 bits per heavy atom. The van der Waals surface area contributed by atoms with Crippen molar-refractivity contribution in [2.24, 2.45) is 0 Å². The molecule has 0 radical (unpaired) electrons. The third-order valence-electron chi connectivity index (χ3n) is 4.51. The standard InChI is InChI=1S/C16H36N2Si/c1-4-5-6-7-8-9-10-11-15-19(2,3)16-17-13-12-14-18-16/h16-18H,4-15H2,1-3H3. The van der Waals surface area contributed by atoms with Crippen LogP contribution in [0.2, 0.25) is 19.1 Å². The van der Waals surface area contributed by atoms with Crippen molar-refractivity contribution in [2.75, 3.05) is 13.1 Å². The number of rotatable bonds is 10. The van der Waals surface area contributed by atoms with Gasteiger partial charge in [0.2, 0.25) is 0 Å². The molecule has 114 valence electrons. The van der Waals surface area contributed by atoms with Crippen molar-refractivity contribution < 1.29 is 0 Å². The van der Waals surface area contributed by atoms with Gasteiger partial charge in [0.15, 0.2) is 0 Å². The molecule has 0 aromatic rings. The highest BCUT2D eigenvalue weighted by atomic mass is 28.3. The maximum atomic E-state index is 3.69. The summed E-state index contributed by atoms with van der Waals surface area (Å²) in [7, 11) is -1.11. The van der Waals surface area contributed by atoms with Gasteiger partial charge < -0.3 is 10.6 Å². The van der Waals surface area contributed by atoms with Crippen molar-refractivity contribution in [1.82, 2.24) is 10.6 Å². The number of nitrogens with one attached hydrogen (secondary N) is 2. The molecule has 0 saturated carbocycles. The maximum absolute atomic E-state index is 3.69. The Morgan fingerprint density at radius 2 is 1.37 bits per heavy atom. The summed E-state index contributed by atoms with van der Waals surface area (Å²) >= 11 is 0. The van der Waals surface area contributed by atoms with Crippen molar-refractivity contribution in [3.63, 3.8) is 0 Å². The van der Waals surface area contributed by atoms with Gasteiger partial charge >= 0.3 is 0 Å². The zero-order valence-electron chi connectivity index (χ0n) is 13.6. The minimum Gasteiger partial charge on any atom is -0.305 e. The van der Waals surface area contributed by atoms with E-state index in [4.69, 9.17) is 0 Å². The third-order valence-corrected chi connectivity index (χ3v) is 8.12. The van der Waals surface area contributed by atoms with Gasteiger partial charge in [0.25, 0.3) is 0 Å². The lowest BCUT2D eigenvalue weighted by molar-refractivity contribution is 0.441. The van der Waals surface area contributed by atoms with Crippen molar-refractivity contribution in [1.29, 1.82) is 0 Å². The molecule has 0 aromatic heterocycles. The fourth-order valence-corrected chi connectivity index (χ4v) is 5.91. The molecule has 1 aliphatic rings. The normalized spacial score (nSPS) is 17.8. The molecule has 0 unspecified atom stereocenters. The maximum Gasteiger partial charge on any atom is 0.0845 e. The van der Waals surface area contributed by atoms with Gasteiger partial charge in [0.1, 0.15) is 0 Å². The smallest absolute Gasteiger partial charge is 0.0845 e. The molecule has 1 heterocycles. The predicted octanol–water partition coefficient (Wildman–Crippen LogP) is 4.28. The zero-order chi connectivity index (χ0) is 14.0. The number of hydrogen-bond acceptors (Lipinski definition) is 2. The van der Waals surface area contributed by atoms with Gasteiger partial charge in [0.05, 0.1) is 8.07 Å². The Bertz CT molecular complexity index is 213. The van der Waals surface area contributed by atoms with Gasteiger partial charge in [-0.25, -0.2) is 0 Å². The van der Waals surface area contributed by atoms with Crippen LogP contribution in [0.25, 0.3) is 0 Å². The van der Waals surface area contributed by atoms with Crippen LogP contribution < -0.4 is 10.6 Å². The highest BCUT2D eigenvalue weighted by Crippen LogP contribution is 2.19. The Kier molecular flexibility index (Phi) is 9.00. The Labute approximate surface area is 122 Å². The van der Waals surface area contributed by atoms with Gasteiger partial charge in [-0.2, -0.15) is 0 Å². The van der Waals surface area contributed by atoms with E-state index in [0.29, 0.717) is 5.79 Å². The lowest BCUT2D eigenvalue weighted by Gasteiger charge is -2.37. The number of unbranched alkanes of at least 4 members (excludes halogenated alkanes) is 7. The first-order chi connectivity index (χ1) is 9.17. The molecule has 19 heavy (non-hydrogen) atoms. The molecule has 2 nitrogen and oxygen atoms in total. The van der Waals surface area contributed by atoms with E-state index < -0.39 is 8.07 Å². The fraction of sp³-hybridized carbons (Fsp3) is 1.00. The quantitative estimate of drug-likeness (QED) is 0.462. The molecule has 1 fully saturated rings. The lowest BCUT2D eigenvalue weighted by atomic mass is 10.1. The second-order valence-electron chi connectivity index (χ2n) is 6.91. The number of hydrogen-bond donors (Lipinski definition) is 2. The largest absolute Gasteiger partial charge is 0.305 e. The van der Waals surface area contributed by atoms with Crippen molar-refractivity contribution in [3.05, 3.63) is 0 Å². The zero-order valence-corrected chi connectivity index (χ0v) is 14.6. The van der Waals surface area contributed by atoms with E-state index in [0.717, 1.165) is 0 Å². The van der Waals surface area contributed by atoms with E-state index in [1.165, 1.54) is 76.9 Å². The molecule has 0 amide bonds. The summed E-state index contributed by atoms with van der Waals surface area (Å²) in [5.74, 6) is 0.658. The van der Waals surface area contributed by atoms with Gasteiger partial charge in [0, 0.05) is 5.79 Å². The van der Waals surface area contributed by atoms with Crippen molar-refractivity contribution >= 4 is 8.07 Å². The van der Waals surface area contributed by atoms with E-state index >= 15 is 0 Å². The molecule has 2 N–H and O–H groups in total. The first-order valence-electron chi connectivity index (χ1n) is 8.63. The summed E-state index contributed by atoms with van der Waals surface area (Å²) in [5.41, 5.74) is 0. The van der Waals surface area contributed by atoms with E-state index in [2.05, 4.69) is 30.7 Å². The molecule has 0 bridgehead atoms. The second kappa shape index (κ2) is 9.95. The van der Waals surface area contributed by atoms with Crippen LogP contribution in [0.4, 0.5) is 0 Å². The lowest BCUT2D eigenvalue weighted by Crippen LogP contribution is -2.62. The van der Waals surface area contributed by atoms with Crippen LogP contribution in [0.3, 0.4) is 0 Å². The van der Waals surface area contributed by atoms with Gasteiger partial charge in [-0.05, 0) is 19.5 Å². The van der Waals surface area contributed by atoms with Crippen LogP contribution in [0.15, 0.2) is 0 Å². The summed E-state index contributed by atoms with van der Waals surface area (Å²) in [4.78, 5) is 0. The van der Waals surface area contributed by atoms with Gasteiger partial charge in [-0.3, -0.25) is 0 Å². The van der Waals surface area contributed by atoms with Crippen molar-refractivity contribution in [3.8, 4) is 0 Å². The molecule has 1 saturated heterocycles. The summed E-state index contributed by atoms with van der Waals surface area (Å²) in [6, 6.07) is 1.48. The van der Waals surface area contributed by atoms with Crippen LogP contribution in [0.1, 0.15) is 64.7 Å². The van der Waals surface area contributed by atoms with E-state index in [9.17, 15) is 0 Å². The summed E-state index contributed by atoms with van der Waals surface area (Å²) < 4.78 is 0. The van der Waals surface area contributed by atoms with E-state index in [1.807, 2.05) is 0 Å². The second-order valence-corrected chi connectivity index (χ2v) is 12.0. The van der Waals surface area contributed by atoms with Crippen LogP contribution in [-0.4, -0.2) is 27.0 Å². The third kappa shape index (κ3) is 7.47.